The van der Waals surface area contributed by atoms with Crippen LogP contribution in [0.1, 0.15) is 27.6 Å². The molecule has 0 aliphatic rings. The maximum atomic E-state index is 13.1. The van der Waals surface area contributed by atoms with E-state index in [-0.39, 0.29) is 5.91 Å². The molecule has 0 bridgehead atoms. The molecule has 0 saturated carbocycles. The molecular weight excluding hydrogens is 382 g/mol. The molecule has 1 atom stereocenters. The third kappa shape index (κ3) is 4.97. The average Bonchev–Trinajstić information content (AvgIpc) is 2.78. The van der Waals surface area contributed by atoms with E-state index in [1.165, 1.54) is 20.3 Å². The van der Waals surface area contributed by atoms with E-state index in [4.69, 9.17) is 14.2 Å². The molecule has 6 heteroatoms. The summed E-state index contributed by atoms with van der Waals surface area (Å²) in [4.78, 5) is 24.9. The van der Waals surface area contributed by atoms with Crippen LogP contribution in [-0.2, 0) is 9.53 Å². The van der Waals surface area contributed by atoms with Gasteiger partial charge < -0.3 is 19.5 Å². The number of anilines is 1. The van der Waals surface area contributed by atoms with E-state index in [9.17, 15) is 9.59 Å². The summed E-state index contributed by atoms with van der Waals surface area (Å²) in [6.45, 7) is 1.98. The Bertz CT molecular complexity index is 1020. The standard InChI is InChI=1S/C24H23NO5/c1-16-9-12-19(13-10-16)25-23(26)22(17-7-5-4-6-8-17)30-20-14-11-18(24(27)29-3)15-21(20)28-2/h4-15,22H,1-3H3,(H,25,26)/t22-/m1/s1. The first-order valence-corrected chi connectivity index (χ1v) is 9.37. The lowest BCUT2D eigenvalue weighted by atomic mass is 10.1. The lowest BCUT2D eigenvalue weighted by Crippen LogP contribution is -2.26. The second-order valence-corrected chi connectivity index (χ2v) is 6.62. The fraction of sp³-hybridized carbons (Fsp3) is 0.167. The summed E-state index contributed by atoms with van der Waals surface area (Å²) in [5.74, 6) is -0.166. The molecule has 3 aromatic carbocycles. The van der Waals surface area contributed by atoms with Crippen LogP contribution in [0.4, 0.5) is 5.69 Å². The van der Waals surface area contributed by atoms with Crippen molar-refractivity contribution in [1.82, 2.24) is 0 Å². The predicted molar refractivity (Wildman–Crippen MR) is 114 cm³/mol. The van der Waals surface area contributed by atoms with Crippen molar-refractivity contribution in [2.24, 2.45) is 0 Å². The van der Waals surface area contributed by atoms with Crippen LogP contribution in [0, 0.1) is 6.92 Å². The molecular formula is C24H23NO5. The molecule has 3 rings (SSSR count). The highest BCUT2D eigenvalue weighted by Gasteiger charge is 2.25. The molecule has 0 unspecified atom stereocenters. The first-order valence-electron chi connectivity index (χ1n) is 9.37. The Morgan fingerprint density at radius 1 is 0.867 bits per heavy atom. The van der Waals surface area contributed by atoms with E-state index in [0.29, 0.717) is 28.3 Å². The molecule has 0 heterocycles. The fourth-order valence-corrected chi connectivity index (χ4v) is 2.88. The zero-order valence-electron chi connectivity index (χ0n) is 17.0. The molecule has 0 radical (unpaired) electrons. The third-order valence-corrected chi connectivity index (χ3v) is 4.49. The molecule has 6 nitrogen and oxygen atoms in total. The number of methoxy groups -OCH3 is 2. The Hall–Kier alpha value is -3.80. The molecule has 0 aromatic heterocycles. The zero-order chi connectivity index (χ0) is 21.5. The summed E-state index contributed by atoms with van der Waals surface area (Å²) in [7, 11) is 2.77. The van der Waals surface area contributed by atoms with Gasteiger partial charge in [-0.2, -0.15) is 0 Å². The average molecular weight is 405 g/mol. The number of rotatable bonds is 7. The van der Waals surface area contributed by atoms with E-state index >= 15 is 0 Å². The van der Waals surface area contributed by atoms with Crippen molar-refractivity contribution in [3.63, 3.8) is 0 Å². The lowest BCUT2D eigenvalue weighted by Gasteiger charge is -2.21. The Kier molecular flexibility index (Phi) is 6.70. The maximum absolute atomic E-state index is 13.1. The predicted octanol–water partition coefficient (Wildman–Crippen LogP) is 4.55. The zero-order valence-corrected chi connectivity index (χ0v) is 17.0. The van der Waals surface area contributed by atoms with Crippen molar-refractivity contribution in [3.8, 4) is 11.5 Å². The van der Waals surface area contributed by atoms with E-state index in [1.807, 2.05) is 61.5 Å². The molecule has 1 amide bonds. The minimum atomic E-state index is -0.926. The second kappa shape index (κ2) is 9.60. The van der Waals surface area contributed by atoms with Crippen molar-refractivity contribution in [2.45, 2.75) is 13.0 Å². The highest BCUT2D eigenvalue weighted by molar-refractivity contribution is 5.95. The minimum Gasteiger partial charge on any atom is -0.493 e. The first kappa shape index (κ1) is 20.9. The van der Waals surface area contributed by atoms with Gasteiger partial charge in [0.1, 0.15) is 0 Å². The van der Waals surface area contributed by atoms with Crippen molar-refractivity contribution >= 4 is 17.6 Å². The van der Waals surface area contributed by atoms with Crippen LogP contribution in [0.2, 0.25) is 0 Å². The molecule has 3 aromatic rings. The van der Waals surface area contributed by atoms with E-state index < -0.39 is 12.1 Å². The lowest BCUT2D eigenvalue weighted by molar-refractivity contribution is -0.123. The highest BCUT2D eigenvalue weighted by atomic mass is 16.5. The van der Waals surface area contributed by atoms with Gasteiger partial charge in [0, 0.05) is 11.3 Å². The molecule has 1 N–H and O–H groups in total. The van der Waals surface area contributed by atoms with Gasteiger partial charge in [-0.15, -0.1) is 0 Å². The van der Waals surface area contributed by atoms with E-state index in [1.54, 1.807) is 12.1 Å². The van der Waals surface area contributed by atoms with Gasteiger partial charge in [0.15, 0.2) is 11.5 Å². The number of aryl methyl sites for hydroxylation is 1. The van der Waals surface area contributed by atoms with Gasteiger partial charge in [-0.05, 0) is 37.3 Å². The minimum absolute atomic E-state index is 0.321. The van der Waals surface area contributed by atoms with Crippen LogP contribution >= 0.6 is 0 Å². The number of esters is 1. The maximum Gasteiger partial charge on any atom is 0.337 e. The summed E-state index contributed by atoms with van der Waals surface area (Å²) < 4.78 is 16.2. The summed E-state index contributed by atoms with van der Waals surface area (Å²) >= 11 is 0. The number of carbonyl (C=O) groups excluding carboxylic acids is 2. The summed E-state index contributed by atoms with van der Waals surface area (Å²) in [6.07, 6.45) is -0.926. The van der Waals surface area contributed by atoms with E-state index in [0.717, 1.165) is 5.56 Å². The van der Waals surface area contributed by atoms with Crippen LogP contribution in [0.15, 0.2) is 72.8 Å². The van der Waals surface area contributed by atoms with E-state index in [2.05, 4.69) is 5.32 Å². The van der Waals surface area contributed by atoms with Crippen molar-refractivity contribution in [1.29, 1.82) is 0 Å². The highest BCUT2D eigenvalue weighted by Crippen LogP contribution is 2.33. The normalized spacial score (nSPS) is 11.3. The summed E-state index contributed by atoms with van der Waals surface area (Å²) in [5, 5.41) is 2.89. The second-order valence-electron chi connectivity index (χ2n) is 6.62. The van der Waals surface area contributed by atoms with Crippen molar-refractivity contribution in [3.05, 3.63) is 89.5 Å². The Morgan fingerprint density at radius 2 is 1.57 bits per heavy atom. The van der Waals surface area contributed by atoms with Crippen molar-refractivity contribution in [2.75, 3.05) is 19.5 Å². The SMILES string of the molecule is COC(=O)c1ccc(O[C@@H](C(=O)Nc2ccc(C)cc2)c2ccccc2)c(OC)c1. The summed E-state index contributed by atoms with van der Waals surface area (Å²) in [5.41, 5.74) is 2.77. The number of carbonyl (C=O) groups is 2. The first-order chi connectivity index (χ1) is 14.5. The molecule has 0 saturated heterocycles. The molecule has 30 heavy (non-hydrogen) atoms. The van der Waals surface area contributed by atoms with Crippen LogP contribution in [0.3, 0.4) is 0 Å². The van der Waals surface area contributed by atoms with Crippen LogP contribution in [0.5, 0.6) is 11.5 Å². The fourth-order valence-electron chi connectivity index (χ4n) is 2.88. The Morgan fingerprint density at radius 3 is 2.20 bits per heavy atom. The largest absolute Gasteiger partial charge is 0.493 e. The van der Waals surface area contributed by atoms with Crippen LogP contribution < -0.4 is 14.8 Å². The molecule has 0 spiro atoms. The van der Waals surface area contributed by atoms with Crippen LogP contribution in [0.25, 0.3) is 0 Å². The Labute approximate surface area is 175 Å². The molecule has 154 valence electrons. The quantitative estimate of drug-likeness (QED) is 0.584. The van der Waals surface area contributed by atoms with Gasteiger partial charge in [0.05, 0.1) is 19.8 Å². The molecule has 0 fully saturated rings. The number of hydrogen-bond acceptors (Lipinski definition) is 5. The van der Waals surface area contributed by atoms with Gasteiger partial charge in [-0.25, -0.2) is 4.79 Å². The van der Waals surface area contributed by atoms with Gasteiger partial charge in [0.2, 0.25) is 6.10 Å². The Balaban J connectivity index is 1.91. The van der Waals surface area contributed by atoms with Gasteiger partial charge in [-0.3, -0.25) is 4.79 Å². The van der Waals surface area contributed by atoms with Gasteiger partial charge in [0.25, 0.3) is 5.91 Å². The number of hydrogen-bond donors (Lipinski definition) is 1. The molecule has 0 aliphatic carbocycles. The number of amides is 1. The van der Waals surface area contributed by atoms with Crippen molar-refractivity contribution < 1.29 is 23.8 Å². The van der Waals surface area contributed by atoms with Gasteiger partial charge in [-0.1, -0.05) is 48.0 Å². The monoisotopic (exact) mass is 405 g/mol. The molecule has 0 aliphatic heterocycles. The number of benzene rings is 3. The topological polar surface area (TPSA) is 73.9 Å². The number of ether oxygens (including phenoxy) is 3. The van der Waals surface area contributed by atoms with Gasteiger partial charge >= 0.3 is 5.97 Å². The smallest absolute Gasteiger partial charge is 0.337 e. The van der Waals surface area contributed by atoms with Crippen LogP contribution in [-0.4, -0.2) is 26.1 Å². The third-order valence-electron chi connectivity index (χ3n) is 4.49. The number of nitrogens with one attached hydrogen (secondary N) is 1. The summed E-state index contributed by atoms with van der Waals surface area (Å²) in [6, 6.07) is 21.3.